The summed E-state index contributed by atoms with van der Waals surface area (Å²) < 4.78 is 23.0. The fourth-order valence-electron chi connectivity index (χ4n) is 3.73. The van der Waals surface area contributed by atoms with Crippen LogP contribution in [0.1, 0.15) is 15.9 Å². The Hall–Kier alpha value is -4.84. The minimum absolute atomic E-state index is 0.0405. The number of para-hydroxylation sites is 1. The van der Waals surface area contributed by atoms with Crippen LogP contribution >= 0.6 is 11.8 Å². The molecule has 11 nitrogen and oxygen atoms in total. The lowest BCUT2D eigenvalue weighted by molar-refractivity contribution is -0.118. The van der Waals surface area contributed by atoms with Crippen molar-refractivity contribution in [2.75, 3.05) is 34.2 Å². The zero-order valence-electron chi connectivity index (χ0n) is 22.3. The summed E-state index contributed by atoms with van der Waals surface area (Å²) in [5.41, 5.74) is 5.13. The normalized spacial score (nSPS) is 10.8. The lowest BCUT2D eigenvalue weighted by atomic mass is 10.1. The molecule has 1 amide bonds. The highest BCUT2D eigenvalue weighted by Gasteiger charge is 2.21. The van der Waals surface area contributed by atoms with Crippen LogP contribution < -0.4 is 19.6 Å². The van der Waals surface area contributed by atoms with Gasteiger partial charge in [-0.25, -0.2) is 10.2 Å². The number of carbonyl (C=O) groups is 2. The van der Waals surface area contributed by atoms with Gasteiger partial charge in [0.2, 0.25) is 5.75 Å². The first-order valence-electron chi connectivity index (χ1n) is 11.9. The molecule has 4 rings (SSSR count). The van der Waals surface area contributed by atoms with Crippen molar-refractivity contribution in [3.05, 3.63) is 77.9 Å². The van der Waals surface area contributed by atoms with E-state index in [4.69, 9.17) is 14.2 Å². The van der Waals surface area contributed by atoms with Crippen molar-refractivity contribution in [2.45, 2.75) is 5.16 Å². The fourth-order valence-corrected chi connectivity index (χ4v) is 4.48. The molecule has 0 bridgehead atoms. The van der Waals surface area contributed by atoms with Gasteiger partial charge in [0.25, 0.3) is 5.91 Å². The Morgan fingerprint density at radius 1 is 0.925 bits per heavy atom. The van der Waals surface area contributed by atoms with Crippen LogP contribution in [0.2, 0.25) is 0 Å². The molecule has 0 atom stereocenters. The maximum Gasteiger partial charge on any atom is 0.337 e. The van der Waals surface area contributed by atoms with Crippen LogP contribution in [-0.2, 0) is 9.53 Å². The first-order chi connectivity index (χ1) is 19.5. The predicted molar refractivity (Wildman–Crippen MR) is 151 cm³/mol. The number of nitrogens with one attached hydrogen (secondary N) is 1. The summed E-state index contributed by atoms with van der Waals surface area (Å²) in [5.74, 6) is 1.23. The molecule has 206 valence electrons. The summed E-state index contributed by atoms with van der Waals surface area (Å²) in [4.78, 5) is 24.1. The van der Waals surface area contributed by atoms with E-state index in [9.17, 15) is 9.59 Å². The molecule has 3 aromatic carbocycles. The number of methoxy groups -OCH3 is 4. The van der Waals surface area contributed by atoms with Crippen LogP contribution in [-0.4, -0.2) is 67.0 Å². The van der Waals surface area contributed by atoms with Gasteiger partial charge >= 0.3 is 5.97 Å². The monoisotopic (exact) mass is 561 g/mol. The number of ether oxygens (including phenoxy) is 4. The van der Waals surface area contributed by atoms with Crippen molar-refractivity contribution in [1.29, 1.82) is 0 Å². The number of amides is 1. The van der Waals surface area contributed by atoms with Gasteiger partial charge in [0.05, 0.1) is 46.0 Å². The summed E-state index contributed by atoms with van der Waals surface area (Å²) >= 11 is 1.21. The molecule has 0 aliphatic carbocycles. The van der Waals surface area contributed by atoms with Gasteiger partial charge in [0.1, 0.15) is 0 Å². The van der Waals surface area contributed by atoms with Crippen molar-refractivity contribution in [1.82, 2.24) is 20.2 Å². The maximum atomic E-state index is 12.5. The minimum Gasteiger partial charge on any atom is -0.493 e. The second-order valence-corrected chi connectivity index (χ2v) is 9.03. The molecule has 0 unspecified atom stereocenters. The Bertz CT molecular complexity index is 1480. The van der Waals surface area contributed by atoms with Gasteiger partial charge in [-0.2, -0.15) is 5.10 Å². The SMILES string of the molecule is COC(=O)c1ccc(/C=N/NC(=O)CSc2nnc(-c3cc(OC)c(OC)c(OC)c3)n2-c2ccccc2)cc1. The molecule has 1 heterocycles. The van der Waals surface area contributed by atoms with Crippen molar-refractivity contribution in [3.63, 3.8) is 0 Å². The third-order valence-corrected chi connectivity index (χ3v) is 6.57. The third kappa shape index (κ3) is 6.41. The van der Waals surface area contributed by atoms with Gasteiger partial charge < -0.3 is 18.9 Å². The molecule has 0 saturated carbocycles. The average molecular weight is 562 g/mol. The molecule has 4 aromatic rings. The van der Waals surface area contributed by atoms with E-state index in [2.05, 4.69) is 25.5 Å². The maximum absolute atomic E-state index is 12.5. The largest absolute Gasteiger partial charge is 0.493 e. The van der Waals surface area contributed by atoms with Gasteiger partial charge in [-0.1, -0.05) is 42.1 Å². The van der Waals surface area contributed by atoms with E-state index in [1.54, 1.807) is 50.6 Å². The second-order valence-electron chi connectivity index (χ2n) is 8.09. The molecule has 0 aliphatic heterocycles. The lowest BCUT2D eigenvalue weighted by Gasteiger charge is -2.15. The van der Waals surface area contributed by atoms with Crippen LogP contribution in [0.3, 0.4) is 0 Å². The van der Waals surface area contributed by atoms with Crippen LogP contribution in [0.5, 0.6) is 17.2 Å². The van der Waals surface area contributed by atoms with Crippen LogP contribution in [0.4, 0.5) is 0 Å². The third-order valence-electron chi connectivity index (χ3n) is 5.64. The van der Waals surface area contributed by atoms with Gasteiger partial charge in [0, 0.05) is 11.3 Å². The fraction of sp³-hybridized carbons (Fsp3) is 0.179. The standard InChI is InChI=1S/C28H27N5O6S/c1-36-22-14-20(15-23(37-2)25(22)38-3)26-31-32-28(33(26)21-8-6-5-7-9-21)40-17-24(34)30-29-16-18-10-12-19(13-11-18)27(35)39-4/h5-16H,17H2,1-4H3,(H,30,34)/b29-16+. The smallest absolute Gasteiger partial charge is 0.337 e. The molecule has 1 aromatic heterocycles. The quantitative estimate of drug-likeness (QED) is 0.125. The van der Waals surface area contributed by atoms with E-state index in [0.29, 0.717) is 44.9 Å². The van der Waals surface area contributed by atoms with Gasteiger partial charge in [0.15, 0.2) is 22.5 Å². The van der Waals surface area contributed by atoms with E-state index in [1.807, 2.05) is 34.9 Å². The molecule has 12 heteroatoms. The Morgan fingerprint density at radius 2 is 1.60 bits per heavy atom. The van der Waals surface area contributed by atoms with Crippen LogP contribution in [0.25, 0.3) is 17.1 Å². The number of carbonyl (C=O) groups excluding carboxylic acids is 2. The highest BCUT2D eigenvalue weighted by molar-refractivity contribution is 7.99. The summed E-state index contributed by atoms with van der Waals surface area (Å²) in [6.07, 6.45) is 1.48. The zero-order chi connectivity index (χ0) is 28.5. The minimum atomic E-state index is -0.425. The number of hydrazone groups is 1. The molecule has 40 heavy (non-hydrogen) atoms. The first-order valence-corrected chi connectivity index (χ1v) is 12.9. The van der Waals surface area contributed by atoms with Crippen molar-refractivity contribution >= 4 is 29.9 Å². The van der Waals surface area contributed by atoms with Crippen LogP contribution in [0, 0.1) is 0 Å². The number of aromatic nitrogens is 3. The van der Waals surface area contributed by atoms with E-state index in [0.717, 1.165) is 5.69 Å². The molecule has 0 aliphatic rings. The van der Waals surface area contributed by atoms with Crippen molar-refractivity contribution < 1.29 is 28.5 Å². The summed E-state index contributed by atoms with van der Waals surface area (Å²) in [6, 6.07) is 19.8. The topological polar surface area (TPSA) is 126 Å². The first kappa shape index (κ1) is 28.2. The summed E-state index contributed by atoms with van der Waals surface area (Å²) in [7, 11) is 5.95. The predicted octanol–water partition coefficient (Wildman–Crippen LogP) is 3.99. The summed E-state index contributed by atoms with van der Waals surface area (Å²) in [5, 5.41) is 13.3. The number of rotatable bonds is 11. The Labute approximate surface area is 235 Å². The Morgan fingerprint density at radius 3 is 2.20 bits per heavy atom. The van der Waals surface area contributed by atoms with Crippen LogP contribution in [0.15, 0.2) is 77.0 Å². The van der Waals surface area contributed by atoms with E-state index in [-0.39, 0.29) is 11.7 Å². The zero-order valence-corrected chi connectivity index (χ0v) is 23.1. The number of thioether (sulfide) groups is 1. The molecule has 0 saturated heterocycles. The number of esters is 1. The van der Waals surface area contributed by atoms with Gasteiger partial charge in [-0.05, 0) is 42.0 Å². The lowest BCUT2D eigenvalue weighted by Crippen LogP contribution is -2.20. The second kappa shape index (κ2) is 13.3. The number of hydrogen-bond acceptors (Lipinski definition) is 10. The Kier molecular flexibility index (Phi) is 9.36. The molecule has 0 spiro atoms. The van der Waals surface area contributed by atoms with E-state index >= 15 is 0 Å². The summed E-state index contributed by atoms with van der Waals surface area (Å²) in [6.45, 7) is 0. The van der Waals surface area contributed by atoms with Crippen molar-refractivity contribution in [3.8, 4) is 34.3 Å². The molecular weight excluding hydrogens is 534 g/mol. The number of hydrogen-bond donors (Lipinski definition) is 1. The highest BCUT2D eigenvalue weighted by atomic mass is 32.2. The molecule has 0 radical (unpaired) electrons. The van der Waals surface area contributed by atoms with Crippen molar-refractivity contribution in [2.24, 2.45) is 5.10 Å². The number of benzene rings is 3. The number of nitrogens with zero attached hydrogens (tertiary/aromatic N) is 4. The van der Waals surface area contributed by atoms with E-state index < -0.39 is 5.97 Å². The van der Waals surface area contributed by atoms with E-state index in [1.165, 1.54) is 32.2 Å². The highest BCUT2D eigenvalue weighted by Crippen LogP contribution is 2.41. The van der Waals surface area contributed by atoms with Gasteiger partial charge in [-0.3, -0.25) is 9.36 Å². The average Bonchev–Trinajstić information content (AvgIpc) is 3.43. The molecule has 1 N–H and O–H groups in total. The molecule has 0 fully saturated rings. The Balaban J connectivity index is 1.53. The molecular formula is C28H27N5O6S. The van der Waals surface area contributed by atoms with Gasteiger partial charge in [-0.15, -0.1) is 10.2 Å².